The molecule has 1 aliphatic heterocycles. The molecule has 180 valence electrons. The summed E-state index contributed by atoms with van der Waals surface area (Å²) in [5, 5.41) is 12.2. The number of rotatable bonds is 7. The van der Waals surface area contributed by atoms with Gasteiger partial charge in [0.2, 0.25) is 5.91 Å². The van der Waals surface area contributed by atoms with Crippen LogP contribution in [0.1, 0.15) is 33.8 Å². The summed E-state index contributed by atoms with van der Waals surface area (Å²) in [6.45, 7) is 1.71. The first kappa shape index (κ1) is 23.6. The summed E-state index contributed by atoms with van der Waals surface area (Å²) in [5.74, 6) is -0.211. The molecule has 1 aliphatic rings. The van der Waals surface area contributed by atoms with Crippen LogP contribution in [0.2, 0.25) is 0 Å². The SMILES string of the molecule is Cc1oc2ccc(OCc3cccnc3C(F)(F)F)cc2c1C(=O)NC1CCN(CCO)C1=O. The minimum absolute atomic E-state index is 0.122. The van der Waals surface area contributed by atoms with Gasteiger partial charge in [0, 0.05) is 30.2 Å². The zero-order chi connectivity index (χ0) is 24.5. The number of fused-ring (bicyclic) bond motifs is 1. The monoisotopic (exact) mass is 477 g/mol. The highest BCUT2D eigenvalue weighted by Gasteiger charge is 2.35. The lowest BCUT2D eigenvalue weighted by molar-refractivity contribution is -0.142. The summed E-state index contributed by atoms with van der Waals surface area (Å²) in [6, 6.07) is 6.57. The number of ether oxygens (including phenoxy) is 1. The zero-order valence-electron chi connectivity index (χ0n) is 18.2. The maximum atomic E-state index is 13.2. The highest BCUT2D eigenvalue weighted by Crippen LogP contribution is 2.32. The lowest BCUT2D eigenvalue weighted by Crippen LogP contribution is -2.42. The summed E-state index contributed by atoms with van der Waals surface area (Å²) < 4.78 is 50.7. The van der Waals surface area contributed by atoms with E-state index in [4.69, 9.17) is 14.3 Å². The Bertz CT molecular complexity index is 1220. The number of likely N-dealkylation sites (tertiary alicyclic amines) is 1. The second-order valence-corrected chi connectivity index (χ2v) is 7.85. The molecule has 1 fully saturated rings. The third-order valence-corrected chi connectivity index (χ3v) is 5.59. The molecule has 1 saturated heterocycles. The smallest absolute Gasteiger partial charge is 0.433 e. The molecular weight excluding hydrogens is 455 g/mol. The van der Waals surface area contributed by atoms with Crippen LogP contribution >= 0.6 is 0 Å². The molecule has 11 heteroatoms. The largest absolute Gasteiger partial charge is 0.489 e. The van der Waals surface area contributed by atoms with Gasteiger partial charge in [0.25, 0.3) is 5.91 Å². The summed E-state index contributed by atoms with van der Waals surface area (Å²) >= 11 is 0. The number of aryl methyl sites for hydroxylation is 1. The molecule has 3 heterocycles. The number of nitrogens with one attached hydrogen (secondary N) is 1. The van der Waals surface area contributed by atoms with Gasteiger partial charge in [-0.3, -0.25) is 14.6 Å². The molecule has 0 saturated carbocycles. The molecule has 0 radical (unpaired) electrons. The molecule has 2 amide bonds. The molecule has 3 aromatic rings. The van der Waals surface area contributed by atoms with Crippen molar-refractivity contribution in [2.24, 2.45) is 0 Å². The molecule has 2 N–H and O–H groups in total. The number of carbonyl (C=O) groups is 2. The number of hydrogen-bond donors (Lipinski definition) is 2. The Hall–Kier alpha value is -3.60. The summed E-state index contributed by atoms with van der Waals surface area (Å²) in [7, 11) is 0. The number of aliphatic hydroxyl groups is 1. The van der Waals surface area contributed by atoms with Gasteiger partial charge in [-0.1, -0.05) is 6.07 Å². The molecule has 4 rings (SSSR count). The average Bonchev–Trinajstić information content (AvgIpc) is 3.30. The number of furan rings is 1. The van der Waals surface area contributed by atoms with Crippen molar-refractivity contribution in [2.75, 3.05) is 19.7 Å². The average molecular weight is 477 g/mol. The van der Waals surface area contributed by atoms with Gasteiger partial charge in [-0.2, -0.15) is 13.2 Å². The number of halogens is 3. The van der Waals surface area contributed by atoms with Crippen LogP contribution in [-0.2, 0) is 17.6 Å². The first-order chi connectivity index (χ1) is 16.2. The van der Waals surface area contributed by atoms with Crippen molar-refractivity contribution >= 4 is 22.8 Å². The van der Waals surface area contributed by atoms with E-state index in [1.807, 2.05) is 0 Å². The molecule has 8 nitrogen and oxygen atoms in total. The number of nitrogens with zero attached hydrogens (tertiary/aromatic N) is 2. The van der Waals surface area contributed by atoms with Crippen molar-refractivity contribution < 1.29 is 37.0 Å². The Morgan fingerprint density at radius 3 is 2.88 bits per heavy atom. The third-order valence-electron chi connectivity index (χ3n) is 5.59. The molecule has 1 unspecified atom stereocenters. The Kier molecular flexibility index (Phi) is 6.47. The van der Waals surface area contributed by atoms with Gasteiger partial charge >= 0.3 is 6.18 Å². The first-order valence-electron chi connectivity index (χ1n) is 10.6. The van der Waals surface area contributed by atoms with Crippen molar-refractivity contribution in [1.82, 2.24) is 15.2 Å². The van der Waals surface area contributed by atoms with E-state index in [2.05, 4.69) is 10.3 Å². The molecule has 2 aromatic heterocycles. The van der Waals surface area contributed by atoms with Crippen molar-refractivity contribution in [3.63, 3.8) is 0 Å². The fourth-order valence-electron chi connectivity index (χ4n) is 3.99. The minimum Gasteiger partial charge on any atom is -0.489 e. The second-order valence-electron chi connectivity index (χ2n) is 7.85. The highest BCUT2D eigenvalue weighted by molar-refractivity contribution is 6.08. The van der Waals surface area contributed by atoms with E-state index in [1.165, 1.54) is 29.2 Å². The van der Waals surface area contributed by atoms with Gasteiger partial charge < -0.3 is 24.5 Å². The minimum atomic E-state index is -4.61. The van der Waals surface area contributed by atoms with Crippen molar-refractivity contribution in [3.8, 4) is 5.75 Å². The van der Waals surface area contributed by atoms with E-state index < -0.39 is 23.8 Å². The Balaban J connectivity index is 1.54. The third kappa shape index (κ3) is 4.69. The molecule has 1 aromatic carbocycles. The topological polar surface area (TPSA) is 105 Å². The van der Waals surface area contributed by atoms with E-state index in [0.717, 1.165) is 6.20 Å². The van der Waals surface area contributed by atoms with E-state index >= 15 is 0 Å². The predicted molar refractivity (Wildman–Crippen MR) is 114 cm³/mol. The molecular formula is C23H22F3N3O5. The van der Waals surface area contributed by atoms with Gasteiger partial charge in [-0.25, -0.2) is 0 Å². The van der Waals surface area contributed by atoms with Gasteiger partial charge in [-0.05, 0) is 37.6 Å². The number of β-amino-alcohol motifs (C(OH)–C–C–N with tert-alkyl or cyclic N) is 1. The Labute approximate surface area is 192 Å². The van der Waals surface area contributed by atoms with E-state index in [0.29, 0.717) is 29.7 Å². The van der Waals surface area contributed by atoms with Gasteiger partial charge in [0.1, 0.15) is 29.7 Å². The van der Waals surface area contributed by atoms with Crippen molar-refractivity contribution in [1.29, 1.82) is 0 Å². The summed E-state index contributed by atoms with van der Waals surface area (Å²) in [4.78, 5) is 30.3. The normalized spacial score (nSPS) is 16.3. The first-order valence-corrected chi connectivity index (χ1v) is 10.6. The fourth-order valence-corrected chi connectivity index (χ4v) is 3.99. The van der Waals surface area contributed by atoms with Gasteiger partial charge in [0.15, 0.2) is 5.69 Å². The number of pyridine rings is 1. The predicted octanol–water partition coefficient (Wildman–Crippen LogP) is 3.06. The molecule has 0 aliphatic carbocycles. The number of carbonyl (C=O) groups excluding carboxylic acids is 2. The number of aromatic nitrogens is 1. The molecule has 34 heavy (non-hydrogen) atoms. The number of hydrogen-bond acceptors (Lipinski definition) is 6. The molecule has 1 atom stereocenters. The number of alkyl halides is 3. The van der Waals surface area contributed by atoms with Crippen LogP contribution in [0.4, 0.5) is 13.2 Å². The second kappa shape index (κ2) is 9.34. The van der Waals surface area contributed by atoms with Crippen LogP contribution in [0, 0.1) is 6.92 Å². The maximum Gasteiger partial charge on any atom is 0.433 e. The zero-order valence-corrected chi connectivity index (χ0v) is 18.2. The van der Waals surface area contributed by atoms with E-state index in [9.17, 15) is 22.8 Å². The Morgan fingerprint density at radius 2 is 2.15 bits per heavy atom. The van der Waals surface area contributed by atoms with Crippen LogP contribution in [-0.4, -0.2) is 52.5 Å². The van der Waals surface area contributed by atoms with Gasteiger partial charge in [0.05, 0.1) is 12.2 Å². The van der Waals surface area contributed by atoms with E-state index in [-0.39, 0.29) is 42.5 Å². The lowest BCUT2D eigenvalue weighted by Gasteiger charge is -2.15. The summed E-state index contributed by atoms with van der Waals surface area (Å²) in [5.41, 5.74) is -0.534. The van der Waals surface area contributed by atoms with Crippen LogP contribution in [0.15, 0.2) is 40.9 Å². The molecule has 0 spiro atoms. The molecule has 0 bridgehead atoms. The fraction of sp³-hybridized carbons (Fsp3) is 0.348. The van der Waals surface area contributed by atoms with E-state index in [1.54, 1.807) is 13.0 Å². The highest BCUT2D eigenvalue weighted by atomic mass is 19.4. The van der Waals surface area contributed by atoms with Crippen LogP contribution in [0.5, 0.6) is 5.75 Å². The number of benzene rings is 1. The van der Waals surface area contributed by atoms with Crippen molar-refractivity contribution in [2.45, 2.75) is 32.2 Å². The van der Waals surface area contributed by atoms with Crippen LogP contribution in [0.25, 0.3) is 11.0 Å². The summed E-state index contributed by atoms with van der Waals surface area (Å²) in [6.07, 6.45) is -3.13. The quantitative estimate of drug-likeness (QED) is 0.542. The lowest BCUT2D eigenvalue weighted by atomic mass is 10.1. The Morgan fingerprint density at radius 1 is 1.35 bits per heavy atom. The standard InChI is InChI=1S/C23H22F3N3O5/c1-13-19(21(31)28-17-6-8-29(9-10-30)22(17)32)16-11-15(4-5-18(16)34-13)33-12-14-3-2-7-27-20(14)23(24,25)26/h2-5,7,11,17,30H,6,8-10,12H2,1H3,(H,28,31). The number of aliphatic hydroxyl groups excluding tert-OH is 1. The van der Waals surface area contributed by atoms with Crippen LogP contribution in [0.3, 0.4) is 0 Å². The van der Waals surface area contributed by atoms with Gasteiger partial charge in [-0.15, -0.1) is 0 Å². The van der Waals surface area contributed by atoms with Crippen LogP contribution < -0.4 is 10.1 Å². The number of amides is 2. The maximum absolute atomic E-state index is 13.2. The van der Waals surface area contributed by atoms with Crippen molar-refractivity contribution in [3.05, 3.63) is 59.1 Å².